The van der Waals surface area contributed by atoms with Gasteiger partial charge in [0, 0.05) is 12.7 Å². The standard InChI is InChI=1S/C15H13FN2O/c1-18(13-5-2-11(9-17)3-6-13)15-7-4-12(10-19)8-14(15)16/h2-8,19H,10H2,1H3. The maximum atomic E-state index is 13.9. The number of hydrogen-bond donors (Lipinski definition) is 1. The van der Waals surface area contributed by atoms with Crippen molar-refractivity contribution in [1.82, 2.24) is 0 Å². The Morgan fingerprint density at radius 3 is 2.42 bits per heavy atom. The zero-order valence-corrected chi connectivity index (χ0v) is 10.5. The van der Waals surface area contributed by atoms with Gasteiger partial charge in [-0.05, 0) is 42.0 Å². The fourth-order valence-corrected chi connectivity index (χ4v) is 1.82. The lowest BCUT2D eigenvalue weighted by atomic mass is 10.1. The van der Waals surface area contributed by atoms with Crippen LogP contribution in [0.2, 0.25) is 0 Å². The van der Waals surface area contributed by atoms with E-state index in [2.05, 4.69) is 0 Å². The lowest BCUT2D eigenvalue weighted by molar-refractivity contribution is 0.281. The summed E-state index contributed by atoms with van der Waals surface area (Å²) in [6.45, 7) is -0.183. The molecule has 2 aromatic carbocycles. The van der Waals surface area contributed by atoms with Gasteiger partial charge in [-0.15, -0.1) is 0 Å². The Hall–Kier alpha value is -2.38. The lowest BCUT2D eigenvalue weighted by Crippen LogP contribution is -2.11. The van der Waals surface area contributed by atoms with Gasteiger partial charge < -0.3 is 10.0 Å². The summed E-state index contributed by atoms with van der Waals surface area (Å²) in [6.07, 6.45) is 0. The molecule has 0 saturated heterocycles. The van der Waals surface area contributed by atoms with E-state index in [1.54, 1.807) is 48.3 Å². The second kappa shape index (κ2) is 5.51. The van der Waals surface area contributed by atoms with Crippen molar-refractivity contribution in [3.63, 3.8) is 0 Å². The molecule has 0 aromatic heterocycles. The molecule has 0 aliphatic carbocycles. The molecule has 3 nitrogen and oxygen atoms in total. The molecule has 2 rings (SSSR count). The van der Waals surface area contributed by atoms with Gasteiger partial charge in [0.05, 0.1) is 23.9 Å². The fourth-order valence-electron chi connectivity index (χ4n) is 1.82. The van der Waals surface area contributed by atoms with Crippen LogP contribution in [0.4, 0.5) is 15.8 Å². The van der Waals surface area contributed by atoms with Gasteiger partial charge in [0.15, 0.2) is 0 Å². The van der Waals surface area contributed by atoms with Gasteiger partial charge in [0.2, 0.25) is 0 Å². The molecule has 0 saturated carbocycles. The number of aliphatic hydroxyl groups excluding tert-OH is 1. The second-order valence-corrected chi connectivity index (χ2v) is 4.16. The predicted molar refractivity (Wildman–Crippen MR) is 71.5 cm³/mol. The molecule has 1 N–H and O–H groups in total. The minimum absolute atomic E-state index is 0.183. The van der Waals surface area contributed by atoms with E-state index in [9.17, 15) is 4.39 Å². The number of halogens is 1. The smallest absolute Gasteiger partial charge is 0.147 e. The van der Waals surface area contributed by atoms with Gasteiger partial charge in [-0.2, -0.15) is 5.26 Å². The van der Waals surface area contributed by atoms with E-state index in [0.29, 0.717) is 16.8 Å². The molecule has 0 aliphatic rings. The van der Waals surface area contributed by atoms with E-state index in [0.717, 1.165) is 5.69 Å². The summed E-state index contributed by atoms with van der Waals surface area (Å²) in [5.41, 5.74) is 2.30. The van der Waals surface area contributed by atoms with E-state index in [4.69, 9.17) is 10.4 Å². The molecule has 0 spiro atoms. The van der Waals surface area contributed by atoms with Crippen molar-refractivity contribution < 1.29 is 9.50 Å². The van der Waals surface area contributed by atoms with Crippen LogP contribution in [0, 0.1) is 17.1 Å². The molecule has 19 heavy (non-hydrogen) atoms. The molecule has 96 valence electrons. The number of nitrogens with zero attached hydrogens (tertiary/aromatic N) is 2. The third-order valence-corrected chi connectivity index (χ3v) is 2.94. The van der Waals surface area contributed by atoms with E-state index in [1.165, 1.54) is 6.07 Å². The Morgan fingerprint density at radius 1 is 1.21 bits per heavy atom. The number of anilines is 2. The van der Waals surface area contributed by atoms with Crippen molar-refractivity contribution in [3.8, 4) is 6.07 Å². The average Bonchev–Trinajstić information content (AvgIpc) is 2.46. The second-order valence-electron chi connectivity index (χ2n) is 4.16. The largest absolute Gasteiger partial charge is 0.392 e. The van der Waals surface area contributed by atoms with E-state index < -0.39 is 5.82 Å². The molecule has 4 heteroatoms. The zero-order valence-electron chi connectivity index (χ0n) is 10.5. The maximum Gasteiger partial charge on any atom is 0.147 e. The molecule has 0 atom stereocenters. The lowest BCUT2D eigenvalue weighted by Gasteiger charge is -2.20. The first-order valence-corrected chi connectivity index (χ1v) is 5.79. The number of nitriles is 1. The first kappa shape index (κ1) is 13.1. The van der Waals surface area contributed by atoms with Crippen LogP contribution in [0.5, 0.6) is 0 Å². The molecule has 0 unspecified atom stereocenters. The SMILES string of the molecule is CN(c1ccc(C#N)cc1)c1ccc(CO)cc1F. The van der Waals surface area contributed by atoms with Crippen LogP contribution in [0.1, 0.15) is 11.1 Å². The highest BCUT2D eigenvalue weighted by Gasteiger charge is 2.10. The average molecular weight is 256 g/mol. The molecular weight excluding hydrogens is 243 g/mol. The summed E-state index contributed by atoms with van der Waals surface area (Å²) in [5, 5.41) is 17.7. The van der Waals surface area contributed by atoms with Crippen molar-refractivity contribution in [1.29, 1.82) is 5.26 Å². The van der Waals surface area contributed by atoms with Crippen LogP contribution in [-0.4, -0.2) is 12.2 Å². The predicted octanol–water partition coefficient (Wildman–Crippen LogP) is 2.96. The minimum atomic E-state index is -0.390. The highest BCUT2D eigenvalue weighted by Crippen LogP contribution is 2.27. The summed E-state index contributed by atoms with van der Waals surface area (Å²) in [6, 6.07) is 13.6. The van der Waals surface area contributed by atoms with Crippen LogP contribution >= 0.6 is 0 Å². The Labute approximate surface area is 111 Å². The van der Waals surface area contributed by atoms with Gasteiger partial charge in [0.25, 0.3) is 0 Å². The Morgan fingerprint density at radius 2 is 1.89 bits per heavy atom. The third-order valence-electron chi connectivity index (χ3n) is 2.94. The topological polar surface area (TPSA) is 47.3 Å². The highest BCUT2D eigenvalue weighted by molar-refractivity contribution is 5.64. The van der Waals surface area contributed by atoms with Gasteiger partial charge in [0.1, 0.15) is 5.82 Å². The quantitative estimate of drug-likeness (QED) is 0.918. The van der Waals surface area contributed by atoms with E-state index in [1.807, 2.05) is 6.07 Å². The maximum absolute atomic E-state index is 13.9. The first-order chi connectivity index (χ1) is 9.15. The molecular formula is C15H13FN2O. The highest BCUT2D eigenvalue weighted by atomic mass is 19.1. The van der Waals surface area contributed by atoms with Crippen molar-refractivity contribution in [2.75, 3.05) is 11.9 Å². The van der Waals surface area contributed by atoms with Crippen molar-refractivity contribution in [3.05, 3.63) is 59.4 Å². The normalized spacial score (nSPS) is 10.0. The molecule has 0 radical (unpaired) electrons. The molecule has 0 amide bonds. The van der Waals surface area contributed by atoms with Crippen LogP contribution in [0.3, 0.4) is 0 Å². The van der Waals surface area contributed by atoms with Crippen LogP contribution in [0.25, 0.3) is 0 Å². The van der Waals surface area contributed by atoms with E-state index >= 15 is 0 Å². The van der Waals surface area contributed by atoms with Crippen molar-refractivity contribution >= 4 is 11.4 Å². The minimum Gasteiger partial charge on any atom is -0.392 e. The summed E-state index contributed by atoms with van der Waals surface area (Å²) < 4.78 is 13.9. The van der Waals surface area contributed by atoms with Crippen molar-refractivity contribution in [2.45, 2.75) is 6.61 Å². The van der Waals surface area contributed by atoms with Gasteiger partial charge in [-0.25, -0.2) is 4.39 Å². The summed E-state index contributed by atoms with van der Waals surface area (Å²) >= 11 is 0. The van der Waals surface area contributed by atoms with Gasteiger partial charge in [-0.3, -0.25) is 0 Å². The van der Waals surface area contributed by atoms with Crippen molar-refractivity contribution in [2.24, 2.45) is 0 Å². The number of benzene rings is 2. The van der Waals surface area contributed by atoms with E-state index in [-0.39, 0.29) is 6.61 Å². The zero-order chi connectivity index (χ0) is 13.8. The molecule has 0 bridgehead atoms. The summed E-state index contributed by atoms with van der Waals surface area (Å²) in [7, 11) is 1.75. The van der Waals surface area contributed by atoms with Gasteiger partial charge in [-0.1, -0.05) is 6.07 Å². The third kappa shape index (κ3) is 2.72. The number of rotatable bonds is 3. The van der Waals surface area contributed by atoms with Gasteiger partial charge >= 0.3 is 0 Å². The number of hydrogen-bond acceptors (Lipinski definition) is 3. The Kier molecular flexibility index (Phi) is 3.79. The molecule has 2 aromatic rings. The summed E-state index contributed by atoms with van der Waals surface area (Å²) in [5.74, 6) is -0.390. The Bertz CT molecular complexity index is 617. The monoisotopic (exact) mass is 256 g/mol. The molecule has 0 fully saturated rings. The fraction of sp³-hybridized carbons (Fsp3) is 0.133. The summed E-state index contributed by atoms with van der Waals surface area (Å²) in [4.78, 5) is 1.69. The molecule has 0 aliphatic heterocycles. The van der Waals surface area contributed by atoms with Crippen LogP contribution < -0.4 is 4.90 Å². The first-order valence-electron chi connectivity index (χ1n) is 5.79. The molecule has 0 heterocycles. The Balaban J connectivity index is 2.32. The van der Waals surface area contributed by atoms with Crippen LogP contribution in [0.15, 0.2) is 42.5 Å². The number of aliphatic hydroxyl groups is 1. The van der Waals surface area contributed by atoms with Crippen LogP contribution in [-0.2, 0) is 6.61 Å².